The normalized spacial score (nSPS) is 23.7. The van der Waals surface area contributed by atoms with Gasteiger partial charge in [0.15, 0.2) is 0 Å². The Kier molecular flexibility index (Phi) is 7.50. The summed E-state index contributed by atoms with van der Waals surface area (Å²) in [5.74, 6) is -0.479. The van der Waals surface area contributed by atoms with Gasteiger partial charge in [0, 0.05) is 42.6 Å². The zero-order chi connectivity index (χ0) is 23.4. The number of hydrogen-bond donors (Lipinski definition) is 2. The van der Waals surface area contributed by atoms with Crippen molar-refractivity contribution in [1.29, 1.82) is 0 Å². The second-order valence-electron chi connectivity index (χ2n) is 8.46. The molecule has 0 radical (unpaired) electrons. The number of aromatic nitrogens is 1. The molecular formula is C23H35N7O2. The second kappa shape index (κ2) is 10.1. The summed E-state index contributed by atoms with van der Waals surface area (Å²) in [6.45, 7) is 11.3. The van der Waals surface area contributed by atoms with E-state index in [4.69, 9.17) is 11.5 Å². The molecule has 9 nitrogen and oxygen atoms in total. The fourth-order valence-corrected chi connectivity index (χ4v) is 4.49. The zero-order valence-electron chi connectivity index (χ0n) is 19.5. The summed E-state index contributed by atoms with van der Waals surface area (Å²) in [4.78, 5) is 39.7. The van der Waals surface area contributed by atoms with E-state index in [1.54, 1.807) is 23.2 Å². The Bertz CT molecular complexity index is 909. The highest BCUT2D eigenvalue weighted by Crippen LogP contribution is 2.26. The molecule has 3 aliphatic heterocycles. The number of hydrogen-bond acceptors (Lipinski definition) is 5. The maximum absolute atomic E-state index is 13.2. The SMILES string of the molecule is CC.Cc1ccc(C(=O)N=C(N)C2=C(N)CN(C(=O)N3CC4CCCN4CC3C)C2)nc1. The average molecular weight is 442 g/mol. The predicted octanol–water partition coefficient (Wildman–Crippen LogP) is 1.73. The summed E-state index contributed by atoms with van der Waals surface area (Å²) in [5.41, 5.74) is 14.4. The van der Waals surface area contributed by atoms with Gasteiger partial charge in [-0.05, 0) is 44.9 Å². The fraction of sp³-hybridized carbons (Fsp3) is 0.565. The highest BCUT2D eigenvalue weighted by Gasteiger charge is 2.39. The fourth-order valence-electron chi connectivity index (χ4n) is 4.49. The van der Waals surface area contributed by atoms with Crippen LogP contribution in [0.15, 0.2) is 34.6 Å². The van der Waals surface area contributed by atoms with Crippen molar-refractivity contribution in [2.75, 3.05) is 32.7 Å². The van der Waals surface area contributed by atoms with E-state index in [0.717, 1.165) is 31.6 Å². The molecule has 4 N–H and O–H groups in total. The minimum atomic E-state index is -0.524. The van der Waals surface area contributed by atoms with E-state index in [0.29, 0.717) is 23.9 Å². The van der Waals surface area contributed by atoms with Crippen LogP contribution in [0.2, 0.25) is 0 Å². The average Bonchev–Trinajstić information content (AvgIpc) is 3.40. The smallest absolute Gasteiger partial charge is 0.321 e. The number of fused-ring (bicyclic) bond motifs is 1. The minimum absolute atomic E-state index is 0.0358. The van der Waals surface area contributed by atoms with Crippen LogP contribution >= 0.6 is 0 Å². The van der Waals surface area contributed by atoms with Gasteiger partial charge in [-0.15, -0.1) is 0 Å². The molecule has 4 heterocycles. The van der Waals surface area contributed by atoms with Crippen LogP contribution in [0.1, 0.15) is 49.7 Å². The van der Waals surface area contributed by atoms with Gasteiger partial charge in [0.1, 0.15) is 11.5 Å². The number of rotatable bonds is 2. The third kappa shape index (κ3) is 4.93. The topological polar surface area (TPSA) is 121 Å². The number of amides is 3. The van der Waals surface area contributed by atoms with Gasteiger partial charge in [-0.3, -0.25) is 14.7 Å². The van der Waals surface area contributed by atoms with Crippen molar-refractivity contribution in [3.8, 4) is 0 Å². The van der Waals surface area contributed by atoms with Gasteiger partial charge in [-0.2, -0.15) is 4.99 Å². The molecule has 0 bridgehead atoms. The molecule has 0 aromatic carbocycles. The zero-order valence-corrected chi connectivity index (χ0v) is 19.5. The third-order valence-electron chi connectivity index (χ3n) is 6.21. The number of piperazine rings is 1. The van der Waals surface area contributed by atoms with Crippen LogP contribution in [0.4, 0.5) is 4.79 Å². The lowest BCUT2D eigenvalue weighted by Crippen LogP contribution is -2.59. The monoisotopic (exact) mass is 441 g/mol. The van der Waals surface area contributed by atoms with E-state index in [1.807, 2.05) is 25.7 Å². The highest BCUT2D eigenvalue weighted by molar-refractivity contribution is 6.09. The quantitative estimate of drug-likeness (QED) is 0.533. The molecule has 2 unspecified atom stereocenters. The van der Waals surface area contributed by atoms with Crippen molar-refractivity contribution in [3.05, 3.63) is 40.9 Å². The van der Waals surface area contributed by atoms with Crippen molar-refractivity contribution in [1.82, 2.24) is 19.7 Å². The van der Waals surface area contributed by atoms with Gasteiger partial charge in [0.2, 0.25) is 0 Å². The molecule has 4 rings (SSSR count). The Morgan fingerprint density at radius 3 is 2.62 bits per heavy atom. The predicted molar refractivity (Wildman–Crippen MR) is 125 cm³/mol. The Hall–Kier alpha value is -2.94. The number of aryl methyl sites for hydroxylation is 1. The molecule has 0 saturated carbocycles. The van der Waals surface area contributed by atoms with E-state index >= 15 is 0 Å². The summed E-state index contributed by atoms with van der Waals surface area (Å²) < 4.78 is 0. The summed E-state index contributed by atoms with van der Waals surface area (Å²) in [6.07, 6.45) is 3.93. The van der Waals surface area contributed by atoms with Crippen LogP contribution < -0.4 is 11.5 Å². The van der Waals surface area contributed by atoms with Crippen LogP contribution in [0, 0.1) is 6.92 Å². The van der Waals surface area contributed by atoms with Gasteiger partial charge in [-0.25, -0.2) is 4.79 Å². The lowest BCUT2D eigenvalue weighted by Gasteiger charge is -2.43. The van der Waals surface area contributed by atoms with E-state index in [9.17, 15) is 9.59 Å². The molecule has 2 atom stereocenters. The molecule has 1 aromatic rings. The molecule has 3 amide bonds. The van der Waals surface area contributed by atoms with Crippen molar-refractivity contribution in [2.45, 2.75) is 52.6 Å². The molecular weight excluding hydrogens is 406 g/mol. The second-order valence-corrected chi connectivity index (χ2v) is 8.46. The van der Waals surface area contributed by atoms with Crippen molar-refractivity contribution >= 4 is 17.8 Å². The van der Waals surface area contributed by atoms with Crippen LogP contribution in [-0.2, 0) is 0 Å². The van der Waals surface area contributed by atoms with E-state index in [-0.39, 0.29) is 30.1 Å². The van der Waals surface area contributed by atoms with Gasteiger partial charge in [0.25, 0.3) is 5.91 Å². The summed E-state index contributed by atoms with van der Waals surface area (Å²) in [5, 5.41) is 0. The van der Waals surface area contributed by atoms with Gasteiger partial charge in [0.05, 0.1) is 13.1 Å². The first-order valence-electron chi connectivity index (χ1n) is 11.4. The number of urea groups is 1. The van der Waals surface area contributed by atoms with Crippen LogP contribution in [-0.4, -0.2) is 82.3 Å². The summed E-state index contributed by atoms with van der Waals surface area (Å²) in [6, 6.07) is 3.97. The molecule has 32 heavy (non-hydrogen) atoms. The maximum Gasteiger partial charge on any atom is 0.321 e. The van der Waals surface area contributed by atoms with Crippen molar-refractivity contribution in [2.24, 2.45) is 16.5 Å². The van der Waals surface area contributed by atoms with E-state index < -0.39 is 5.91 Å². The van der Waals surface area contributed by atoms with Crippen molar-refractivity contribution in [3.63, 3.8) is 0 Å². The standard InChI is InChI=1S/C21H29N7O2.C2H6/c1-13-5-6-18(24-8-13)20(29)25-19(23)16-11-27(12-17(16)22)21(30)28-10-15-4-3-7-26(15)9-14(28)2;1-2/h5-6,8,14-15H,3-4,7,9-12,22H2,1-2H3,(H2,23,25,29);1-2H3. The van der Waals surface area contributed by atoms with E-state index in [2.05, 4.69) is 21.8 Å². The van der Waals surface area contributed by atoms with Crippen molar-refractivity contribution < 1.29 is 9.59 Å². The third-order valence-corrected chi connectivity index (χ3v) is 6.21. The molecule has 0 spiro atoms. The summed E-state index contributed by atoms with van der Waals surface area (Å²) in [7, 11) is 0. The summed E-state index contributed by atoms with van der Waals surface area (Å²) >= 11 is 0. The lowest BCUT2D eigenvalue weighted by atomic mass is 10.1. The number of aliphatic imine (C=N–C) groups is 1. The largest absolute Gasteiger partial charge is 0.400 e. The molecule has 1 aromatic heterocycles. The number of pyridine rings is 1. The molecule has 0 aliphatic carbocycles. The van der Waals surface area contributed by atoms with Gasteiger partial charge in [-0.1, -0.05) is 19.9 Å². The first kappa shape index (κ1) is 23.7. The molecule has 2 fully saturated rings. The molecule has 9 heteroatoms. The number of amidine groups is 1. The molecule has 174 valence electrons. The number of carbonyl (C=O) groups is 2. The molecule has 3 aliphatic rings. The minimum Gasteiger partial charge on any atom is -0.400 e. The van der Waals surface area contributed by atoms with Gasteiger partial charge >= 0.3 is 6.03 Å². The Morgan fingerprint density at radius 1 is 1.19 bits per heavy atom. The maximum atomic E-state index is 13.2. The number of nitrogens with zero attached hydrogens (tertiary/aromatic N) is 5. The highest BCUT2D eigenvalue weighted by atomic mass is 16.2. The Labute approximate surface area is 190 Å². The first-order chi connectivity index (χ1) is 15.3. The first-order valence-corrected chi connectivity index (χ1v) is 11.4. The number of carbonyl (C=O) groups excluding carboxylic acids is 2. The lowest BCUT2D eigenvalue weighted by molar-refractivity contribution is 0.0667. The Morgan fingerprint density at radius 2 is 1.94 bits per heavy atom. The van der Waals surface area contributed by atoms with E-state index in [1.165, 1.54) is 6.42 Å². The van der Waals surface area contributed by atoms with Crippen LogP contribution in [0.3, 0.4) is 0 Å². The number of nitrogens with two attached hydrogens (primary N) is 2. The van der Waals surface area contributed by atoms with Crippen LogP contribution in [0.5, 0.6) is 0 Å². The molecule has 2 saturated heterocycles. The van der Waals surface area contributed by atoms with Gasteiger partial charge < -0.3 is 21.3 Å². The van der Waals surface area contributed by atoms with Crippen LogP contribution in [0.25, 0.3) is 0 Å². The Balaban J connectivity index is 0.00000141.